The Morgan fingerprint density at radius 3 is 0.700 bits per heavy atom. The molecule has 0 aliphatic carbocycles. The number of hydrogen-bond donors (Lipinski definition) is 0. The molecule has 0 atom stereocenters. The summed E-state index contributed by atoms with van der Waals surface area (Å²) < 4.78 is 5.01. The number of carbonyl (C=O) groups is 2. The van der Waals surface area contributed by atoms with Gasteiger partial charge in [-0.3, -0.25) is 9.59 Å². The maximum absolute atomic E-state index is 11.9. The van der Waals surface area contributed by atoms with Crippen LogP contribution in [0.3, 0.4) is 0 Å². The van der Waals surface area contributed by atoms with Gasteiger partial charge in [0.05, 0.1) is 0 Å². The Hall–Kier alpha value is -0.263. The van der Waals surface area contributed by atoms with E-state index in [2.05, 4.69) is 13.8 Å². The molecule has 0 radical (unpaired) electrons. The van der Waals surface area contributed by atoms with E-state index in [-0.39, 0.29) is 30.8 Å². The fourth-order valence-corrected chi connectivity index (χ4v) is 5.51. The molecule has 0 aromatic rings. The molecule has 0 N–H and O–H groups in total. The quantitative estimate of drug-likeness (QED) is 0.0357. The van der Waals surface area contributed by atoms with Crippen molar-refractivity contribution in [3.05, 3.63) is 0 Å². The molecular formula is C36H71LiO3. The molecule has 0 heterocycles. The van der Waals surface area contributed by atoms with Gasteiger partial charge in [0.1, 0.15) is 0 Å². The van der Waals surface area contributed by atoms with E-state index in [1.807, 2.05) is 0 Å². The average Bonchev–Trinajstić information content (AvgIpc) is 2.93. The van der Waals surface area contributed by atoms with Crippen molar-refractivity contribution >= 4 is 30.8 Å². The molecule has 0 aromatic carbocycles. The molecular weight excluding hydrogens is 487 g/mol. The summed E-state index contributed by atoms with van der Waals surface area (Å²) in [5.41, 5.74) is 0. The second kappa shape index (κ2) is 36.8. The monoisotopic (exact) mass is 559 g/mol. The predicted molar refractivity (Wildman–Crippen MR) is 177 cm³/mol. The van der Waals surface area contributed by atoms with Crippen molar-refractivity contribution in [3.63, 3.8) is 0 Å². The Bertz CT molecular complexity index is 464. The molecule has 3 nitrogen and oxygen atoms in total. The van der Waals surface area contributed by atoms with Gasteiger partial charge in [-0.05, 0) is 12.8 Å². The summed E-state index contributed by atoms with van der Waals surface area (Å²) in [6.45, 7) is 4.55. The Labute approximate surface area is 263 Å². The standard InChI is InChI=1S/C36H70O3.Li.H/c1-3-5-7-9-11-13-15-17-19-21-23-25-27-29-31-33-35(37)39-36(38)34-32-30-28-26-24-22-20-18-16-14-12-10-8-6-4-2;;/h3-34H2,1-2H3;;. The molecule has 0 aliphatic rings. The van der Waals surface area contributed by atoms with Crippen LogP contribution in [-0.2, 0) is 14.3 Å². The summed E-state index contributed by atoms with van der Waals surface area (Å²) >= 11 is 0. The maximum atomic E-state index is 11.9. The first kappa shape index (κ1) is 41.9. The predicted octanol–water partition coefficient (Wildman–Crippen LogP) is 11.9. The van der Waals surface area contributed by atoms with Crippen LogP contribution < -0.4 is 0 Å². The molecule has 0 aliphatic heterocycles. The Morgan fingerprint density at radius 2 is 0.500 bits per heavy atom. The molecule has 0 aromatic heterocycles. The van der Waals surface area contributed by atoms with E-state index in [9.17, 15) is 9.59 Å². The summed E-state index contributed by atoms with van der Waals surface area (Å²) in [6.07, 6.45) is 40.1. The summed E-state index contributed by atoms with van der Waals surface area (Å²) in [5, 5.41) is 0. The van der Waals surface area contributed by atoms with Gasteiger partial charge < -0.3 is 4.74 Å². The van der Waals surface area contributed by atoms with Gasteiger partial charge >= 0.3 is 30.8 Å². The van der Waals surface area contributed by atoms with Crippen LogP contribution in [0.15, 0.2) is 0 Å². The molecule has 0 bridgehead atoms. The van der Waals surface area contributed by atoms with Gasteiger partial charge in [0, 0.05) is 12.8 Å². The van der Waals surface area contributed by atoms with Crippen molar-refractivity contribution in [2.45, 2.75) is 219 Å². The molecule has 0 saturated heterocycles. The summed E-state index contributed by atoms with van der Waals surface area (Å²) in [7, 11) is 0. The van der Waals surface area contributed by atoms with Crippen molar-refractivity contribution in [2.24, 2.45) is 0 Å². The molecule has 0 fully saturated rings. The van der Waals surface area contributed by atoms with E-state index in [4.69, 9.17) is 4.74 Å². The van der Waals surface area contributed by atoms with Gasteiger partial charge in [0.15, 0.2) is 0 Å². The van der Waals surface area contributed by atoms with E-state index in [1.54, 1.807) is 0 Å². The Kier molecular flexibility index (Phi) is 38.5. The topological polar surface area (TPSA) is 43.4 Å². The van der Waals surface area contributed by atoms with Crippen LogP contribution in [0.4, 0.5) is 0 Å². The number of rotatable bonds is 32. The van der Waals surface area contributed by atoms with Gasteiger partial charge in [0.2, 0.25) is 0 Å². The van der Waals surface area contributed by atoms with Crippen molar-refractivity contribution < 1.29 is 14.3 Å². The van der Waals surface area contributed by atoms with Crippen LogP contribution in [-0.4, -0.2) is 30.8 Å². The van der Waals surface area contributed by atoms with Gasteiger partial charge in [-0.2, -0.15) is 0 Å². The molecule has 0 rings (SSSR count). The van der Waals surface area contributed by atoms with Crippen LogP contribution >= 0.6 is 0 Å². The first-order chi connectivity index (χ1) is 19.2. The molecule has 0 spiro atoms. The first-order valence-corrected chi connectivity index (χ1v) is 17.9. The molecule has 4 heteroatoms. The minimum absolute atomic E-state index is 0. The van der Waals surface area contributed by atoms with Crippen LogP contribution in [0.2, 0.25) is 0 Å². The number of unbranched alkanes of at least 4 members (excludes halogenated alkanes) is 28. The summed E-state index contributed by atoms with van der Waals surface area (Å²) in [6, 6.07) is 0. The molecule has 0 unspecified atom stereocenters. The second-order valence-electron chi connectivity index (χ2n) is 12.2. The fraction of sp³-hybridized carbons (Fsp3) is 0.944. The molecule has 0 amide bonds. The Morgan fingerprint density at radius 1 is 0.325 bits per heavy atom. The number of ether oxygens (including phenoxy) is 1. The fourth-order valence-electron chi connectivity index (χ4n) is 5.51. The number of hydrogen-bond acceptors (Lipinski definition) is 3. The van der Waals surface area contributed by atoms with E-state index in [0.717, 1.165) is 25.7 Å². The zero-order chi connectivity index (χ0) is 28.5. The van der Waals surface area contributed by atoms with Crippen LogP contribution in [0.5, 0.6) is 0 Å². The zero-order valence-electron chi connectivity index (χ0n) is 26.9. The third-order valence-electron chi connectivity index (χ3n) is 8.20. The van der Waals surface area contributed by atoms with Gasteiger partial charge in [-0.25, -0.2) is 0 Å². The molecule has 0 saturated carbocycles. The SMILES string of the molecule is CCCCCCCCCCCCCCCCCC(=O)OC(=O)CCCCCCCCCCCCCCCCC.[LiH]. The summed E-state index contributed by atoms with van der Waals surface area (Å²) in [4.78, 5) is 23.8. The van der Waals surface area contributed by atoms with E-state index in [1.165, 1.54) is 167 Å². The van der Waals surface area contributed by atoms with E-state index < -0.39 is 0 Å². The normalized spacial score (nSPS) is 10.9. The summed E-state index contributed by atoms with van der Waals surface area (Å²) in [5.74, 6) is -0.647. The molecule has 40 heavy (non-hydrogen) atoms. The van der Waals surface area contributed by atoms with Crippen molar-refractivity contribution in [1.82, 2.24) is 0 Å². The van der Waals surface area contributed by atoms with Crippen molar-refractivity contribution in [2.75, 3.05) is 0 Å². The van der Waals surface area contributed by atoms with Gasteiger partial charge in [-0.1, -0.05) is 194 Å². The van der Waals surface area contributed by atoms with E-state index in [0.29, 0.717) is 12.8 Å². The first-order valence-electron chi connectivity index (χ1n) is 17.9. The molecule has 234 valence electrons. The zero-order valence-corrected chi connectivity index (χ0v) is 26.9. The Balaban J connectivity index is 0. The van der Waals surface area contributed by atoms with Crippen LogP contribution in [0, 0.1) is 0 Å². The van der Waals surface area contributed by atoms with Crippen LogP contribution in [0.25, 0.3) is 0 Å². The van der Waals surface area contributed by atoms with Crippen molar-refractivity contribution in [3.8, 4) is 0 Å². The number of esters is 2. The minimum atomic E-state index is -0.323. The average molecular weight is 559 g/mol. The van der Waals surface area contributed by atoms with Crippen molar-refractivity contribution in [1.29, 1.82) is 0 Å². The van der Waals surface area contributed by atoms with Crippen LogP contribution in [0.1, 0.15) is 219 Å². The third-order valence-corrected chi connectivity index (χ3v) is 8.20. The van der Waals surface area contributed by atoms with Gasteiger partial charge in [0.25, 0.3) is 0 Å². The van der Waals surface area contributed by atoms with E-state index >= 15 is 0 Å². The second-order valence-corrected chi connectivity index (χ2v) is 12.2. The number of carbonyl (C=O) groups excluding carboxylic acids is 2. The third kappa shape index (κ3) is 35.8. The van der Waals surface area contributed by atoms with Gasteiger partial charge in [-0.15, -0.1) is 0 Å².